The molecule has 168 valence electrons. The van der Waals surface area contributed by atoms with Crippen LogP contribution in [0.5, 0.6) is 0 Å². The summed E-state index contributed by atoms with van der Waals surface area (Å²) in [4.78, 5) is 19.7. The number of imidazole rings is 1. The fourth-order valence-electron chi connectivity index (χ4n) is 3.94. The molecule has 1 fully saturated rings. The Kier molecular flexibility index (Phi) is 4.84. The monoisotopic (exact) mass is 464 g/mol. The summed E-state index contributed by atoms with van der Waals surface area (Å²) in [5.74, 6) is 1.95. The molecule has 4 aromatic heterocycles. The predicted molar refractivity (Wildman–Crippen MR) is 124 cm³/mol. The van der Waals surface area contributed by atoms with Gasteiger partial charge in [0.15, 0.2) is 5.65 Å². The summed E-state index contributed by atoms with van der Waals surface area (Å²) in [7, 11) is 1.88. The lowest BCUT2D eigenvalue weighted by Gasteiger charge is -2.27. The fourth-order valence-corrected chi connectivity index (χ4v) is 4.16. The summed E-state index contributed by atoms with van der Waals surface area (Å²) < 4.78 is 8.97. The molecule has 33 heavy (non-hydrogen) atoms. The average Bonchev–Trinajstić information content (AvgIpc) is 3.56. The largest absolute Gasteiger partial charge is 0.378 e. The number of halogens is 1. The Labute approximate surface area is 193 Å². The van der Waals surface area contributed by atoms with E-state index in [1.165, 1.54) is 0 Å². The van der Waals surface area contributed by atoms with Crippen LogP contribution in [0, 0.1) is 0 Å². The van der Waals surface area contributed by atoms with Crippen molar-refractivity contribution in [3.05, 3.63) is 47.6 Å². The van der Waals surface area contributed by atoms with Gasteiger partial charge in [-0.05, 0) is 12.1 Å². The number of benzene rings is 1. The first-order valence-electron chi connectivity index (χ1n) is 10.6. The summed E-state index contributed by atoms with van der Waals surface area (Å²) in [6.45, 7) is 3.17. The fraction of sp³-hybridized carbons (Fsp3) is 0.286. The van der Waals surface area contributed by atoms with Crippen LogP contribution >= 0.6 is 11.6 Å². The molecule has 1 saturated heterocycles. The predicted octanol–water partition coefficient (Wildman–Crippen LogP) is 2.50. The number of rotatable bonds is 5. The van der Waals surface area contributed by atoms with E-state index in [9.17, 15) is 0 Å². The number of hydrogen-bond donors (Lipinski definition) is 2. The van der Waals surface area contributed by atoms with Crippen molar-refractivity contribution in [2.24, 2.45) is 7.05 Å². The summed E-state index contributed by atoms with van der Waals surface area (Å²) in [5, 5.41) is 12.8. The zero-order chi connectivity index (χ0) is 22.4. The van der Waals surface area contributed by atoms with Gasteiger partial charge in [-0.3, -0.25) is 4.68 Å². The molecule has 0 bridgehead atoms. The molecule has 0 saturated carbocycles. The lowest BCUT2D eigenvalue weighted by atomic mass is 10.2. The van der Waals surface area contributed by atoms with Crippen LogP contribution in [0.4, 0.5) is 11.9 Å². The molecule has 0 radical (unpaired) electrons. The smallest absolute Gasteiger partial charge is 0.230 e. The second-order valence-electron chi connectivity index (χ2n) is 7.82. The number of nitrogens with zero attached hydrogens (tertiary/aromatic N) is 8. The summed E-state index contributed by atoms with van der Waals surface area (Å²) in [5.41, 5.74) is 4.17. The van der Waals surface area contributed by atoms with Crippen LogP contribution in [-0.2, 0) is 18.3 Å². The average molecular weight is 465 g/mol. The molecule has 0 unspecified atom stereocenters. The van der Waals surface area contributed by atoms with Crippen molar-refractivity contribution in [1.82, 2.24) is 39.3 Å². The van der Waals surface area contributed by atoms with Gasteiger partial charge in [-0.25, -0.2) is 4.98 Å². The van der Waals surface area contributed by atoms with Crippen molar-refractivity contribution in [3.8, 4) is 11.1 Å². The third kappa shape index (κ3) is 3.64. The minimum atomic E-state index is 0.418. The van der Waals surface area contributed by atoms with Gasteiger partial charge in [-0.15, -0.1) is 0 Å². The number of morpholine rings is 1. The Balaban J connectivity index is 1.39. The van der Waals surface area contributed by atoms with Crippen molar-refractivity contribution in [2.45, 2.75) is 6.54 Å². The first-order chi connectivity index (χ1) is 16.2. The topological polar surface area (TPSA) is 114 Å². The van der Waals surface area contributed by atoms with Crippen molar-refractivity contribution in [1.29, 1.82) is 0 Å². The number of aromatic amines is 1. The highest BCUT2D eigenvalue weighted by atomic mass is 35.5. The van der Waals surface area contributed by atoms with Crippen molar-refractivity contribution in [3.63, 3.8) is 0 Å². The van der Waals surface area contributed by atoms with E-state index in [0.717, 1.165) is 41.1 Å². The molecule has 0 spiro atoms. The highest BCUT2D eigenvalue weighted by molar-refractivity contribution is 6.34. The van der Waals surface area contributed by atoms with Gasteiger partial charge in [0.2, 0.25) is 11.9 Å². The van der Waals surface area contributed by atoms with E-state index in [2.05, 4.69) is 30.4 Å². The number of nitrogens with one attached hydrogen (secondary N) is 2. The Morgan fingerprint density at radius 2 is 2.00 bits per heavy atom. The Morgan fingerprint density at radius 1 is 1.12 bits per heavy atom. The molecular weight excluding hydrogens is 444 g/mol. The zero-order valence-electron chi connectivity index (χ0n) is 17.9. The molecule has 6 rings (SSSR count). The Hall–Kier alpha value is -3.70. The molecule has 2 N–H and O–H groups in total. The van der Waals surface area contributed by atoms with E-state index < -0.39 is 0 Å². The number of ether oxygens (including phenoxy) is 1. The van der Waals surface area contributed by atoms with Gasteiger partial charge in [0.05, 0.1) is 42.7 Å². The van der Waals surface area contributed by atoms with Gasteiger partial charge in [0, 0.05) is 37.5 Å². The minimum Gasteiger partial charge on any atom is -0.378 e. The van der Waals surface area contributed by atoms with Crippen molar-refractivity contribution in [2.75, 3.05) is 36.5 Å². The van der Waals surface area contributed by atoms with Crippen LogP contribution in [0.1, 0.15) is 5.82 Å². The van der Waals surface area contributed by atoms with Gasteiger partial charge in [0.25, 0.3) is 0 Å². The molecule has 12 heteroatoms. The number of aromatic nitrogens is 8. The molecule has 1 aliphatic rings. The van der Waals surface area contributed by atoms with Crippen LogP contribution in [0.15, 0.2) is 36.8 Å². The molecule has 0 aliphatic carbocycles. The summed E-state index contributed by atoms with van der Waals surface area (Å²) >= 11 is 6.27. The molecular formula is C21H21ClN10O. The standard InChI is InChI=1S/C21H21ClN10O/c1-30-12-13(9-24-30)14-10-25-32-19(14)28-21(31-5-7-33-8-6-31)29-20(32)23-11-17-26-16-4-2-3-15(22)18(16)27-17/h2-4,9-10,12H,5-8,11H2,1H3,(H,26,27)(H,23,28,29). The third-order valence-corrected chi connectivity index (χ3v) is 5.90. The number of anilines is 2. The first kappa shape index (κ1) is 19.9. The molecule has 0 atom stereocenters. The molecule has 0 amide bonds. The Bertz CT molecular complexity index is 1450. The lowest BCUT2D eigenvalue weighted by molar-refractivity contribution is 0.122. The number of H-pyrrole nitrogens is 1. The van der Waals surface area contributed by atoms with E-state index in [4.69, 9.17) is 26.3 Å². The molecule has 1 aromatic carbocycles. The minimum absolute atomic E-state index is 0.418. The van der Waals surface area contributed by atoms with Gasteiger partial charge >= 0.3 is 0 Å². The van der Waals surface area contributed by atoms with Crippen LogP contribution < -0.4 is 10.2 Å². The number of fused-ring (bicyclic) bond motifs is 2. The van der Waals surface area contributed by atoms with Crippen molar-refractivity contribution < 1.29 is 4.74 Å². The first-order valence-corrected chi connectivity index (χ1v) is 11.0. The van der Waals surface area contributed by atoms with Crippen LogP contribution in [0.2, 0.25) is 5.02 Å². The maximum atomic E-state index is 6.27. The number of hydrogen-bond acceptors (Lipinski definition) is 8. The number of para-hydroxylation sites is 1. The van der Waals surface area contributed by atoms with Crippen LogP contribution in [0.3, 0.4) is 0 Å². The van der Waals surface area contributed by atoms with Crippen LogP contribution in [-0.4, -0.2) is 65.6 Å². The third-order valence-electron chi connectivity index (χ3n) is 5.59. The maximum Gasteiger partial charge on any atom is 0.230 e. The van der Waals surface area contributed by atoms with E-state index in [0.29, 0.717) is 42.3 Å². The Morgan fingerprint density at radius 3 is 2.79 bits per heavy atom. The molecule has 5 heterocycles. The van der Waals surface area contributed by atoms with E-state index in [1.54, 1.807) is 21.6 Å². The lowest BCUT2D eigenvalue weighted by Crippen LogP contribution is -2.37. The normalized spacial score (nSPS) is 14.4. The second kappa shape index (κ2) is 8.01. The van der Waals surface area contributed by atoms with Gasteiger partial charge in [-0.2, -0.15) is 24.7 Å². The highest BCUT2D eigenvalue weighted by Gasteiger charge is 2.20. The van der Waals surface area contributed by atoms with E-state index >= 15 is 0 Å². The highest BCUT2D eigenvalue weighted by Crippen LogP contribution is 2.27. The summed E-state index contributed by atoms with van der Waals surface area (Å²) in [6.07, 6.45) is 5.54. The molecule has 1 aliphatic heterocycles. The van der Waals surface area contributed by atoms with Gasteiger partial charge in [0.1, 0.15) is 11.3 Å². The van der Waals surface area contributed by atoms with E-state index in [-0.39, 0.29) is 0 Å². The summed E-state index contributed by atoms with van der Waals surface area (Å²) in [6, 6.07) is 5.67. The molecule has 11 nitrogen and oxygen atoms in total. The van der Waals surface area contributed by atoms with Gasteiger partial charge < -0.3 is 19.9 Å². The van der Waals surface area contributed by atoms with Crippen LogP contribution in [0.25, 0.3) is 27.8 Å². The van der Waals surface area contributed by atoms with Crippen molar-refractivity contribution >= 4 is 40.2 Å². The molecule has 5 aromatic rings. The van der Waals surface area contributed by atoms with E-state index in [1.807, 2.05) is 31.4 Å². The van der Waals surface area contributed by atoms with Gasteiger partial charge in [-0.1, -0.05) is 17.7 Å². The quantitative estimate of drug-likeness (QED) is 0.408. The number of aryl methyl sites for hydroxylation is 1. The zero-order valence-corrected chi connectivity index (χ0v) is 18.6. The maximum absolute atomic E-state index is 6.27. The SMILES string of the molecule is Cn1cc(-c2cnn3c(NCc4nc5c(Cl)cccc5[nH]4)nc(N4CCOCC4)nc23)cn1. The second-order valence-corrected chi connectivity index (χ2v) is 8.22.